The third kappa shape index (κ3) is 3.01. The molecule has 0 atom stereocenters. The van der Waals surface area contributed by atoms with Crippen molar-refractivity contribution in [2.75, 3.05) is 0 Å². The smallest absolute Gasteiger partial charge is 0.125 e. The van der Waals surface area contributed by atoms with Crippen LogP contribution in [-0.2, 0) is 0 Å². The number of benzene rings is 1. The summed E-state index contributed by atoms with van der Waals surface area (Å²) in [5, 5.41) is 10.9. The van der Waals surface area contributed by atoms with E-state index in [0.717, 1.165) is 31.2 Å². The van der Waals surface area contributed by atoms with Crippen LogP contribution in [0.2, 0.25) is 5.02 Å². The van der Waals surface area contributed by atoms with E-state index in [4.69, 9.17) is 11.6 Å². The Morgan fingerprint density at radius 2 is 1.94 bits per heavy atom. The summed E-state index contributed by atoms with van der Waals surface area (Å²) >= 11 is 5.87. The minimum atomic E-state index is -0.777. The lowest BCUT2D eigenvalue weighted by Gasteiger charge is -2.26. The zero-order chi connectivity index (χ0) is 11.4. The Morgan fingerprint density at radius 1 is 1.19 bits per heavy atom. The molecule has 16 heavy (non-hydrogen) atoms. The second-order valence-electron chi connectivity index (χ2n) is 4.35. The van der Waals surface area contributed by atoms with E-state index in [9.17, 15) is 5.11 Å². The van der Waals surface area contributed by atoms with Crippen LogP contribution < -0.4 is 0 Å². The van der Waals surface area contributed by atoms with E-state index in [1.807, 2.05) is 24.3 Å². The lowest BCUT2D eigenvalue weighted by atomic mass is 9.85. The monoisotopic (exact) mass is 234 g/mol. The lowest BCUT2D eigenvalue weighted by Crippen LogP contribution is -2.29. The summed E-state index contributed by atoms with van der Waals surface area (Å²) in [6.07, 6.45) is 4.93. The van der Waals surface area contributed by atoms with Crippen molar-refractivity contribution in [2.45, 2.75) is 37.7 Å². The summed E-state index contributed by atoms with van der Waals surface area (Å²) < 4.78 is 0. The normalized spacial score (nSPS) is 18.6. The SMILES string of the molecule is OC1(C#Cc2cccc(Cl)c2)CCCCC1. The highest BCUT2D eigenvalue weighted by molar-refractivity contribution is 6.30. The Morgan fingerprint density at radius 3 is 2.62 bits per heavy atom. The minimum absolute atomic E-state index is 0.683. The van der Waals surface area contributed by atoms with Crippen molar-refractivity contribution in [3.63, 3.8) is 0 Å². The molecule has 1 aliphatic rings. The molecule has 1 aromatic rings. The number of rotatable bonds is 0. The first-order valence-corrected chi connectivity index (χ1v) is 6.07. The van der Waals surface area contributed by atoms with Crippen LogP contribution in [0.15, 0.2) is 24.3 Å². The van der Waals surface area contributed by atoms with Crippen LogP contribution in [0, 0.1) is 11.8 Å². The van der Waals surface area contributed by atoms with Gasteiger partial charge in [0.05, 0.1) is 0 Å². The van der Waals surface area contributed by atoms with Crippen LogP contribution in [0.4, 0.5) is 0 Å². The maximum Gasteiger partial charge on any atom is 0.125 e. The van der Waals surface area contributed by atoms with E-state index >= 15 is 0 Å². The molecule has 1 aliphatic carbocycles. The second-order valence-corrected chi connectivity index (χ2v) is 4.79. The summed E-state index contributed by atoms with van der Waals surface area (Å²) in [7, 11) is 0. The second kappa shape index (κ2) is 4.91. The van der Waals surface area contributed by atoms with Crippen LogP contribution in [0.3, 0.4) is 0 Å². The van der Waals surface area contributed by atoms with Gasteiger partial charge in [-0.2, -0.15) is 0 Å². The molecule has 1 nitrogen and oxygen atoms in total. The first-order chi connectivity index (χ1) is 7.68. The molecule has 0 heterocycles. The highest BCUT2D eigenvalue weighted by atomic mass is 35.5. The van der Waals surface area contributed by atoms with Crippen LogP contribution in [0.5, 0.6) is 0 Å². The van der Waals surface area contributed by atoms with Crippen molar-refractivity contribution in [3.8, 4) is 11.8 Å². The molecule has 0 unspecified atom stereocenters. The predicted molar refractivity (Wildman–Crippen MR) is 66.4 cm³/mol. The topological polar surface area (TPSA) is 20.2 Å². The van der Waals surface area contributed by atoms with Crippen LogP contribution in [0.1, 0.15) is 37.7 Å². The summed E-state index contributed by atoms with van der Waals surface area (Å²) in [5.74, 6) is 6.00. The van der Waals surface area contributed by atoms with Gasteiger partial charge in [0.1, 0.15) is 5.60 Å². The largest absolute Gasteiger partial charge is 0.378 e. The first kappa shape index (κ1) is 11.5. The Labute approximate surface area is 101 Å². The average Bonchev–Trinajstić information content (AvgIpc) is 2.28. The van der Waals surface area contributed by atoms with Gasteiger partial charge < -0.3 is 5.11 Å². The quantitative estimate of drug-likeness (QED) is 0.683. The molecule has 1 N–H and O–H groups in total. The van der Waals surface area contributed by atoms with Crippen molar-refractivity contribution >= 4 is 11.6 Å². The van der Waals surface area contributed by atoms with Crippen molar-refractivity contribution in [2.24, 2.45) is 0 Å². The van der Waals surface area contributed by atoms with Gasteiger partial charge in [0, 0.05) is 10.6 Å². The van der Waals surface area contributed by atoms with Crippen LogP contribution in [-0.4, -0.2) is 10.7 Å². The predicted octanol–water partition coefficient (Wildman–Crippen LogP) is 3.39. The van der Waals surface area contributed by atoms with Crippen molar-refractivity contribution in [3.05, 3.63) is 34.9 Å². The van der Waals surface area contributed by atoms with Gasteiger partial charge in [-0.1, -0.05) is 35.9 Å². The Hall–Kier alpha value is -0.970. The first-order valence-electron chi connectivity index (χ1n) is 5.69. The molecule has 0 aromatic heterocycles. The molecule has 0 aliphatic heterocycles. The standard InChI is InChI=1S/C14H15ClO/c15-13-6-4-5-12(11-13)7-10-14(16)8-2-1-3-9-14/h4-6,11,16H,1-3,8-9H2. The molecule has 0 saturated heterocycles. The summed E-state index contributed by atoms with van der Waals surface area (Å²) in [5.41, 5.74) is 0.0899. The maximum atomic E-state index is 10.2. The van der Waals surface area contributed by atoms with Gasteiger partial charge in [-0.25, -0.2) is 0 Å². The van der Waals surface area contributed by atoms with Gasteiger partial charge in [-0.15, -0.1) is 0 Å². The van der Waals surface area contributed by atoms with Gasteiger partial charge in [-0.3, -0.25) is 0 Å². The third-order valence-corrected chi connectivity index (χ3v) is 3.18. The number of aliphatic hydroxyl groups is 1. The van der Waals surface area contributed by atoms with Crippen LogP contribution >= 0.6 is 11.6 Å². The number of hydrogen-bond donors (Lipinski definition) is 1. The van der Waals surface area contributed by atoms with Crippen molar-refractivity contribution in [1.82, 2.24) is 0 Å². The van der Waals surface area contributed by atoms with Gasteiger partial charge in [0.25, 0.3) is 0 Å². The summed E-state index contributed by atoms with van der Waals surface area (Å²) in [4.78, 5) is 0. The molecule has 2 rings (SSSR count). The van der Waals surface area contributed by atoms with Gasteiger partial charge in [0.15, 0.2) is 0 Å². The maximum absolute atomic E-state index is 10.2. The van der Waals surface area contributed by atoms with Gasteiger partial charge in [-0.05, 0) is 43.9 Å². The Balaban J connectivity index is 2.14. The van der Waals surface area contributed by atoms with Gasteiger partial charge in [0.2, 0.25) is 0 Å². The fourth-order valence-corrected chi connectivity index (χ4v) is 2.21. The molecule has 0 spiro atoms. The zero-order valence-corrected chi connectivity index (χ0v) is 9.93. The van der Waals surface area contributed by atoms with E-state index in [2.05, 4.69) is 11.8 Å². The number of halogens is 1. The van der Waals surface area contributed by atoms with Gasteiger partial charge >= 0.3 is 0 Å². The molecule has 1 aromatic carbocycles. The molecule has 0 radical (unpaired) electrons. The minimum Gasteiger partial charge on any atom is -0.378 e. The fourth-order valence-electron chi connectivity index (χ4n) is 2.02. The summed E-state index contributed by atoms with van der Waals surface area (Å²) in [6.45, 7) is 0. The Bertz CT molecular complexity index is 422. The highest BCUT2D eigenvalue weighted by Gasteiger charge is 2.26. The van der Waals surface area contributed by atoms with E-state index in [1.165, 1.54) is 6.42 Å². The van der Waals surface area contributed by atoms with Crippen molar-refractivity contribution < 1.29 is 5.11 Å². The van der Waals surface area contributed by atoms with E-state index in [-0.39, 0.29) is 0 Å². The molecule has 1 saturated carbocycles. The fraction of sp³-hybridized carbons (Fsp3) is 0.429. The molecule has 0 amide bonds. The Kier molecular flexibility index (Phi) is 3.53. The average molecular weight is 235 g/mol. The van der Waals surface area contributed by atoms with E-state index in [1.54, 1.807) is 0 Å². The van der Waals surface area contributed by atoms with Crippen molar-refractivity contribution in [1.29, 1.82) is 0 Å². The van der Waals surface area contributed by atoms with E-state index < -0.39 is 5.60 Å². The molecule has 1 fully saturated rings. The molecule has 84 valence electrons. The highest BCUT2D eigenvalue weighted by Crippen LogP contribution is 2.27. The third-order valence-electron chi connectivity index (χ3n) is 2.94. The summed E-state index contributed by atoms with van der Waals surface area (Å²) in [6, 6.07) is 7.42. The van der Waals surface area contributed by atoms with E-state index in [0.29, 0.717) is 5.02 Å². The molecular weight excluding hydrogens is 220 g/mol. The number of hydrogen-bond acceptors (Lipinski definition) is 1. The molecule has 0 bridgehead atoms. The molecular formula is C14H15ClO. The lowest BCUT2D eigenvalue weighted by molar-refractivity contribution is 0.0610. The molecule has 2 heteroatoms. The van der Waals surface area contributed by atoms with Crippen LogP contribution in [0.25, 0.3) is 0 Å². The zero-order valence-electron chi connectivity index (χ0n) is 9.17.